The van der Waals surface area contributed by atoms with E-state index in [1.54, 1.807) is 0 Å². The van der Waals surface area contributed by atoms with Crippen LogP contribution in [0.4, 0.5) is 0 Å². The molecule has 0 bridgehead atoms. The van der Waals surface area contributed by atoms with E-state index in [0.29, 0.717) is 19.4 Å². The van der Waals surface area contributed by atoms with E-state index in [1.807, 2.05) is 0 Å². The predicted molar refractivity (Wildman–Crippen MR) is 53.1 cm³/mol. The van der Waals surface area contributed by atoms with Crippen LogP contribution in [0.1, 0.15) is 33.6 Å². The second-order valence-corrected chi connectivity index (χ2v) is 6.85. The van der Waals surface area contributed by atoms with Gasteiger partial charge in [0.25, 0.3) is 0 Å². The zero-order valence-electron chi connectivity index (χ0n) is 8.71. The van der Waals surface area contributed by atoms with Gasteiger partial charge in [0.1, 0.15) is 0 Å². The summed E-state index contributed by atoms with van der Waals surface area (Å²) >= 11 is 0. The molecule has 78 valence electrons. The second kappa shape index (κ2) is 4.12. The van der Waals surface area contributed by atoms with Crippen LogP contribution in [0, 0.1) is 5.41 Å². The minimum Gasteiger partial charge on any atom is -0.308 e. The van der Waals surface area contributed by atoms with Gasteiger partial charge in [-0.15, -0.1) is 0 Å². The van der Waals surface area contributed by atoms with E-state index >= 15 is 0 Å². The van der Waals surface area contributed by atoms with Crippen LogP contribution in [0.15, 0.2) is 0 Å². The zero-order valence-corrected chi connectivity index (χ0v) is 9.60. The summed E-state index contributed by atoms with van der Waals surface area (Å²) in [5, 5.41) is 0. The van der Waals surface area contributed by atoms with Gasteiger partial charge in [-0.2, -0.15) is 0 Å². The van der Waals surface area contributed by atoms with Gasteiger partial charge in [-0.25, -0.2) is 0 Å². The van der Waals surface area contributed by atoms with E-state index in [2.05, 4.69) is 20.8 Å². The van der Waals surface area contributed by atoms with Gasteiger partial charge in [-0.05, 0) is 18.3 Å². The maximum atomic E-state index is 11.8. The zero-order chi connectivity index (χ0) is 9.95. The normalized spacial score (nSPS) is 23.0. The van der Waals surface area contributed by atoms with Crippen LogP contribution in [-0.4, -0.2) is 19.4 Å². The third-order valence-corrected chi connectivity index (χ3v) is 3.92. The topological polar surface area (TPSA) is 35.5 Å². The Kier molecular flexibility index (Phi) is 3.56. The lowest BCUT2D eigenvalue weighted by Gasteiger charge is -2.26. The summed E-state index contributed by atoms with van der Waals surface area (Å²) < 4.78 is 22.2. The molecule has 0 radical (unpaired) electrons. The molecule has 0 unspecified atom stereocenters. The highest BCUT2D eigenvalue weighted by atomic mass is 31.2. The Bertz CT molecular complexity index is 197. The fourth-order valence-electron chi connectivity index (χ4n) is 1.10. The highest BCUT2D eigenvalue weighted by Crippen LogP contribution is 2.52. The third kappa shape index (κ3) is 4.26. The molecule has 1 aliphatic rings. The molecule has 1 heterocycles. The first kappa shape index (κ1) is 11.2. The standard InChI is InChI=1S/C9H19O3P/c1-9(2,3)5-8-13(10)11-6-4-7-12-13/h4-8H2,1-3H3. The van der Waals surface area contributed by atoms with Crippen molar-refractivity contribution in [2.75, 3.05) is 19.4 Å². The fourth-order valence-corrected chi connectivity index (χ4v) is 3.20. The van der Waals surface area contributed by atoms with Gasteiger partial charge in [0.2, 0.25) is 0 Å². The van der Waals surface area contributed by atoms with Crippen LogP contribution in [0.2, 0.25) is 0 Å². The van der Waals surface area contributed by atoms with Crippen LogP contribution in [0.25, 0.3) is 0 Å². The lowest BCUT2D eigenvalue weighted by atomic mass is 9.94. The summed E-state index contributed by atoms with van der Waals surface area (Å²) in [6, 6.07) is 0. The monoisotopic (exact) mass is 206 g/mol. The largest absolute Gasteiger partial charge is 0.330 e. The van der Waals surface area contributed by atoms with E-state index < -0.39 is 7.60 Å². The van der Waals surface area contributed by atoms with E-state index in [0.717, 1.165) is 12.8 Å². The van der Waals surface area contributed by atoms with Crippen molar-refractivity contribution in [3.05, 3.63) is 0 Å². The summed E-state index contributed by atoms with van der Waals surface area (Å²) in [5.74, 6) is 0. The summed E-state index contributed by atoms with van der Waals surface area (Å²) in [5.41, 5.74) is 0.196. The van der Waals surface area contributed by atoms with Gasteiger partial charge >= 0.3 is 7.60 Å². The average Bonchev–Trinajstić information content (AvgIpc) is 2.02. The van der Waals surface area contributed by atoms with E-state index in [9.17, 15) is 4.57 Å². The molecular formula is C9H19O3P. The number of rotatable bonds is 2. The van der Waals surface area contributed by atoms with Crippen LogP contribution < -0.4 is 0 Å². The number of hydrogen-bond acceptors (Lipinski definition) is 3. The molecule has 0 spiro atoms. The summed E-state index contributed by atoms with van der Waals surface area (Å²) in [7, 11) is -2.71. The molecule has 1 rings (SSSR count). The molecule has 0 atom stereocenters. The number of hydrogen-bond donors (Lipinski definition) is 0. The van der Waals surface area contributed by atoms with Crippen molar-refractivity contribution in [2.45, 2.75) is 33.6 Å². The Morgan fingerprint density at radius 1 is 1.23 bits per heavy atom. The van der Waals surface area contributed by atoms with Gasteiger partial charge in [0.15, 0.2) is 0 Å². The first-order valence-electron chi connectivity index (χ1n) is 4.79. The highest BCUT2D eigenvalue weighted by molar-refractivity contribution is 7.53. The summed E-state index contributed by atoms with van der Waals surface area (Å²) in [4.78, 5) is 0. The van der Waals surface area contributed by atoms with Gasteiger partial charge < -0.3 is 9.05 Å². The van der Waals surface area contributed by atoms with Crippen molar-refractivity contribution in [3.63, 3.8) is 0 Å². The molecule has 0 aromatic rings. The first-order chi connectivity index (χ1) is 5.91. The van der Waals surface area contributed by atoms with Gasteiger partial charge in [0, 0.05) is 0 Å². The van der Waals surface area contributed by atoms with Crippen LogP contribution in [0.5, 0.6) is 0 Å². The molecule has 0 N–H and O–H groups in total. The molecule has 0 aromatic heterocycles. The van der Waals surface area contributed by atoms with Crippen molar-refractivity contribution < 1.29 is 13.6 Å². The van der Waals surface area contributed by atoms with Crippen LogP contribution in [-0.2, 0) is 13.6 Å². The minimum absolute atomic E-state index is 0.196. The van der Waals surface area contributed by atoms with Crippen LogP contribution in [0.3, 0.4) is 0 Å². The maximum Gasteiger partial charge on any atom is 0.330 e. The quantitative estimate of drug-likeness (QED) is 0.651. The SMILES string of the molecule is CC(C)(C)CCP1(=O)OCCCO1. The third-order valence-electron chi connectivity index (χ3n) is 2.00. The molecule has 13 heavy (non-hydrogen) atoms. The van der Waals surface area contributed by atoms with E-state index in [4.69, 9.17) is 9.05 Å². The molecule has 0 aromatic carbocycles. The Morgan fingerprint density at radius 3 is 2.23 bits per heavy atom. The maximum absolute atomic E-state index is 11.8. The van der Waals surface area contributed by atoms with Gasteiger partial charge in [-0.3, -0.25) is 4.57 Å². The fraction of sp³-hybridized carbons (Fsp3) is 1.00. The first-order valence-corrected chi connectivity index (χ1v) is 6.52. The van der Waals surface area contributed by atoms with Crippen molar-refractivity contribution in [1.29, 1.82) is 0 Å². The Labute approximate surface area is 80.3 Å². The second-order valence-electron chi connectivity index (χ2n) is 4.67. The Hall–Kier alpha value is 0.150. The lowest BCUT2D eigenvalue weighted by Crippen LogP contribution is -2.14. The molecular weight excluding hydrogens is 187 g/mol. The molecule has 0 saturated carbocycles. The van der Waals surface area contributed by atoms with E-state index in [-0.39, 0.29) is 5.41 Å². The summed E-state index contributed by atoms with van der Waals surface area (Å²) in [6.07, 6.45) is 2.29. The average molecular weight is 206 g/mol. The molecule has 4 heteroatoms. The Morgan fingerprint density at radius 2 is 1.77 bits per heavy atom. The summed E-state index contributed by atoms with van der Waals surface area (Å²) in [6.45, 7) is 7.55. The predicted octanol–water partition coefficient (Wildman–Crippen LogP) is 3.05. The molecule has 1 saturated heterocycles. The minimum atomic E-state index is -2.71. The molecule has 1 aliphatic heterocycles. The van der Waals surface area contributed by atoms with Crippen molar-refractivity contribution in [2.24, 2.45) is 5.41 Å². The van der Waals surface area contributed by atoms with E-state index in [1.165, 1.54) is 0 Å². The Balaban J connectivity index is 2.38. The molecule has 0 aliphatic carbocycles. The van der Waals surface area contributed by atoms with Gasteiger partial charge in [0.05, 0.1) is 19.4 Å². The van der Waals surface area contributed by atoms with Crippen LogP contribution >= 0.6 is 7.60 Å². The molecule has 1 fully saturated rings. The smallest absolute Gasteiger partial charge is 0.308 e. The highest BCUT2D eigenvalue weighted by Gasteiger charge is 2.29. The lowest BCUT2D eigenvalue weighted by molar-refractivity contribution is 0.144. The van der Waals surface area contributed by atoms with Gasteiger partial charge in [-0.1, -0.05) is 20.8 Å². The molecule has 0 amide bonds. The van der Waals surface area contributed by atoms with Crippen molar-refractivity contribution in [3.8, 4) is 0 Å². The van der Waals surface area contributed by atoms with Crippen molar-refractivity contribution >= 4 is 7.60 Å². The molecule has 3 nitrogen and oxygen atoms in total. The van der Waals surface area contributed by atoms with Crippen molar-refractivity contribution in [1.82, 2.24) is 0 Å².